The molecule has 110 valence electrons. The van der Waals surface area contributed by atoms with Gasteiger partial charge in [0.1, 0.15) is 17.1 Å². The number of carbonyl (C=O) groups excluding carboxylic acids is 1. The van der Waals surface area contributed by atoms with Crippen LogP contribution in [0.25, 0.3) is 0 Å². The van der Waals surface area contributed by atoms with E-state index in [0.29, 0.717) is 25.7 Å². The highest BCUT2D eigenvalue weighted by atomic mass is 16.6. The van der Waals surface area contributed by atoms with E-state index in [0.717, 1.165) is 12.5 Å². The summed E-state index contributed by atoms with van der Waals surface area (Å²) in [7, 11) is 0. The average molecular weight is 280 g/mol. The third-order valence-electron chi connectivity index (χ3n) is 5.37. The molecule has 0 spiro atoms. The maximum atomic E-state index is 11.9. The average Bonchev–Trinajstić information content (AvgIpc) is 2.30. The molecule has 4 rings (SSSR count). The molecule has 5 atom stereocenters. The van der Waals surface area contributed by atoms with Crippen LogP contribution in [0.5, 0.6) is 0 Å². The first-order valence-corrected chi connectivity index (χ1v) is 7.02. The molecule has 0 saturated heterocycles. The lowest BCUT2D eigenvalue weighted by Crippen LogP contribution is -2.71. The van der Waals surface area contributed by atoms with E-state index in [9.17, 15) is 19.8 Å². The highest BCUT2D eigenvalue weighted by Gasteiger charge is 2.71. The summed E-state index contributed by atoms with van der Waals surface area (Å²) in [5.41, 5.74) is -2.54. The Labute approximate surface area is 117 Å². The zero-order chi connectivity index (χ0) is 14.8. The minimum Gasteiger partial charge on any atom is -0.481 e. The van der Waals surface area contributed by atoms with Crippen LogP contribution in [-0.2, 0) is 14.3 Å². The Hall–Kier alpha value is -1.36. The highest BCUT2D eigenvalue weighted by molar-refractivity contribution is 5.83. The molecule has 20 heavy (non-hydrogen) atoms. The van der Waals surface area contributed by atoms with Gasteiger partial charge in [-0.3, -0.25) is 4.79 Å². The molecule has 4 saturated carbocycles. The van der Waals surface area contributed by atoms with Crippen molar-refractivity contribution >= 4 is 11.9 Å². The van der Waals surface area contributed by atoms with E-state index in [1.165, 1.54) is 0 Å². The van der Waals surface area contributed by atoms with Crippen LogP contribution in [0, 0.1) is 16.7 Å². The summed E-state index contributed by atoms with van der Waals surface area (Å²) in [5.74, 6) is -1.43. The maximum Gasteiger partial charge on any atom is 0.330 e. The van der Waals surface area contributed by atoms with Gasteiger partial charge in [0.25, 0.3) is 0 Å². The van der Waals surface area contributed by atoms with Gasteiger partial charge in [-0.15, -0.1) is 0 Å². The quantitative estimate of drug-likeness (QED) is 0.604. The Morgan fingerprint density at radius 3 is 2.55 bits per heavy atom. The number of hydrogen-bond acceptors (Lipinski definition) is 4. The lowest BCUT2D eigenvalue weighted by atomic mass is 9.42. The lowest BCUT2D eigenvalue weighted by molar-refractivity contribution is -0.270. The van der Waals surface area contributed by atoms with Gasteiger partial charge in [0.15, 0.2) is 0 Å². The molecule has 0 aromatic carbocycles. The van der Waals surface area contributed by atoms with Crippen LogP contribution in [-0.4, -0.2) is 33.9 Å². The normalized spacial score (nSPS) is 48.9. The predicted octanol–water partition coefficient (Wildman–Crippen LogP) is 1.50. The van der Waals surface area contributed by atoms with Gasteiger partial charge in [0.05, 0.1) is 0 Å². The number of hydrogen-bond donors (Lipinski definition) is 2. The second kappa shape index (κ2) is 3.85. The second-order valence-electron chi connectivity index (χ2n) is 7.23. The van der Waals surface area contributed by atoms with Crippen LogP contribution in [0.4, 0.5) is 0 Å². The van der Waals surface area contributed by atoms with E-state index in [4.69, 9.17) is 4.74 Å². The fraction of sp³-hybridized carbons (Fsp3) is 0.733. The number of ether oxygens (including phenoxy) is 1. The smallest absolute Gasteiger partial charge is 0.330 e. The van der Waals surface area contributed by atoms with E-state index in [1.807, 2.05) is 6.92 Å². The number of aliphatic carboxylic acids is 1. The zero-order valence-corrected chi connectivity index (χ0v) is 11.6. The maximum absolute atomic E-state index is 11.9. The Morgan fingerprint density at radius 2 is 2.00 bits per heavy atom. The van der Waals surface area contributed by atoms with Crippen LogP contribution >= 0.6 is 0 Å². The van der Waals surface area contributed by atoms with Crippen molar-refractivity contribution in [3.05, 3.63) is 12.7 Å². The largest absolute Gasteiger partial charge is 0.481 e. The van der Waals surface area contributed by atoms with Gasteiger partial charge in [0.2, 0.25) is 0 Å². The molecule has 0 heterocycles. The molecule has 0 aromatic heterocycles. The first-order valence-electron chi connectivity index (χ1n) is 7.02. The monoisotopic (exact) mass is 280 g/mol. The fourth-order valence-corrected chi connectivity index (χ4v) is 5.36. The van der Waals surface area contributed by atoms with E-state index < -0.39 is 29.1 Å². The van der Waals surface area contributed by atoms with Gasteiger partial charge < -0.3 is 14.9 Å². The number of carbonyl (C=O) groups is 2. The fourth-order valence-electron chi connectivity index (χ4n) is 5.36. The molecule has 2 N–H and O–H groups in total. The molecule has 4 aliphatic rings. The molecule has 0 aromatic rings. The van der Waals surface area contributed by atoms with Crippen LogP contribution in [0.1, 0.15) is 39.0 Å². The zero-order valence-electron chi connectivity index (χ0n) is 11.6. The van der Waals surface area contributed by atoms with Crippen molar-refractivity contribution in [3.63, 3.8) is 0 Å². The van der Waals surface area contributed by atoms with Crippen LogP contribution < -0.4 is 0 Å². The molecule has 0 aliphatic heterocycles. The highest BCUT2D eigenvalue weighted by Crippen LogP contribution is 2.67. The minimum absolute atomic E-state index is 0.175. The summed E-state index contributed by atoms with van der Waals surface area (Å²) >= 11 is 0. The number of rotatable bonds is 3. The number of aliphatic hydroxyl groups is 1. The third kappa shape index (κ3) is 1.65. The van der Waals surface area contributed by atoms with Gasteiger partial charge in [0, 0.05) is 6.08 Å². The predicted molar refractivity (Wildman–Crippen MR) is 69.8 cm³/mol. The van der Waals surface area contributed by atoms with Crippen LogP contribution in [0.3, 0.4) is 0 Å². The molecule has 5 unspecified atom stereocenters. The number of carboxylic acid groups (broad SMARTS) is 1. The molecule has 5 heteroatoms. The Balaban J connectivity index is 2.05. The SMILES string of the molecule is C=CC(=O)OC1C2(O)CC3CC(C)(C2)CC1(C(=O)O)C3. The Bertz CT molecular complexity index is 500. The van der Waals surface area contributed by atoms with Gasteiger partial charge in [-0.1, -0.05) is 13.5 Å². The van der Waals surface area contributed by atoms with Gasteiger partial charge >= 0.3 is 11.9 Å². The summed E-state index contributed by atoms with van der Waals surface area (Å²) in [4.78, 5) is 23.4. The topological polar surface area (TPSA) is 83.8 Å². The summed E-state index contributed by atoms with van der Waals surface area (Å²) in [6.07, 6.45) is 2.96. The van der Waals surface area contributed by atoms with Gasteiger partial charge in [-0.05, 0) is 43.4 Å². The second-order valence-corrected chi connectivity index (χ2v) is 7.23. The van der Waals surface area contributed by atoms with Crippen molar-refractivity contribution in [2.24, 2.45) is 16.7 Å². The van der Waals surface area contributed by atoms with Crippen molar-refractivity contribution in [2.45, 2.75) is 50.7 Å². The van der Waals surface area contributed by atoms with Crippen molar-refractivity contribution in [1.29, 1.82) is 0 Å². The van der Waals surface area contributed by atoms with E-state index in [2.05, 4.69) is 6.58 Å². The van der Waals surface area contributed by atoms with E-state index >= 15 is 0 Å². The summed E-state index contributed by atoms with van der Waals surface area (Å²) in [6.45, 7) is 5.38. The molecule has 0 radical (unpaired) electrons. The summed E-state index contributed by atoms with van der Waals surface area (Å²) in [5, 5.41) is 20.6. The molecule has 5 nitrogen and oxygen atoms in total. The number of carboxylic acids is 1. The Morgan fingerprint density at radius 1 is 1.30 bits per heavy atom. The van der Waals surface area contributed by atoms with Gasteiger partial charge in [-0.25, -0.2) is 4.79 Å². The van der Waals surface area contributed by atoms with Crippen molar-refractivity contribution < 1.29 is 24.5 Å². The molecule has 4 fully saturated rings. The van der Waals surface area contributed by atoms with Crippen molar-refractivity contribution in [1.82, 2.24) is 0 Å². The van der Waals surface area contributed by atoms with Crippen LogP contribution in [0.2, 0.25) is 0 Å². The van der Waals surface area contributed by atoms with Gasteiger partial charge in [-0.2, -0.15) is 0 Å². The van der Waals surface area contributed by atoms with E-state index in [1.54, 1.807) is 0 Å². The molecule has 0 amide bonds. The van der Waals surface area contributed by atoms with Crippen molar-refractivity contribution in [3.8, 4) is 0 Å². The molecule has 4 aliphatic carbocycles. The molecule has 4 bridgehead atoms. The van der Waals surface area contributed by atoms with Crippen molar-refractivity contribution in [2.75, 3.05) is 0 Å². The molecular formula is C15H20O5. The molecular weight excluding hydrogens is 260 g/mol. The standard InChI is InChI=1S/C15H20O5/c1-3-10(16)20-11-14(12(17)18)5-9-4-13(2,7-14)8-15(11,19)6-9/h3,9,11,19H,1,4-8H2,2H3,(H,17,18). The van der Waals surface area contributed by atoms with E-state index in [-0.39, 0.29) is 11.3 Å². The van der Waals surface area contributed by atoms with Crippen LogP contribution in [0.15, 0.2) is 12.7 Å². The minimum atomic E-state index is -1.22. The summed E-state index contributed by atoms with van der Waals surface area (Å²) in [6, 6.07) is 0. The third-order valence-corrected chi connectivity index (χ3v) is 5.37. The lowest BCUT2D eigenvalue weighted by Gasteiger charge is -2.65. The number of esters is 1. The first kappa shape index (κ1) is 13.6. The first-order chi connectivity index (χ1) is 9.23. The summed E-state index contributed by atoms with van der Waals surface area (Å²) < 4.78 is 5.30. The Kier molecular flexibility index (Phi) is 2.62.